The van der Waals surface area contributed by atoms with E-state index in [4.69, 9.17) is 4.52 Å². The van der Waals surface area contributed by atoms with Gasteiger partial charge in [0.2, 0.25) is 5.82 Å². The van der Waals surface area contributed by atoms with Gasteiger partial charge in [0.05, 0.1) is 5.69 Å². The van der Waals surface area contributed by atoms with Crippen LogP contribution in [0.2, 0.25) is 0 Å². The quantitative estimate of drug-likeness (QED) is 0.499. The van der Waals surface area contributed by atoms with Crippen LogP contribution >= 0.6 is 0 Å². The maximum atomic E-state index is 5.37. The highest BCUT2D eigenvalue weighted by Crippen LogP contribution is 2.25. The van der Waals surface area contributed by atoms with Gasteiger partial charge in [0.15, 0.2) is 0 Å². The minimum Gasteiger partial charge on any atom is -0.334 e. The molecule has 0 aliphatic carbocycles. The van der Waals surface area contributed by atoms with Gasteiger partial charge in [-0.3, -0.25) is 4.68 Å². The fourth-order valence-corrected chi connectivity index (χ4v) is 2.91. The van der Waals surface area contributed by atoms with E-state index in [1.54, 1.807) is 0 Å². The molecule has 2 aromatic heterocycles. The van der Waals surface area contributed by atoms with Crippen LogP contribution in [0.5, 0.6) is 0 Å². The molecule has 0 spiro atoms. The minimum absolute atomic E-state index is 0.481. The normalized spacial score (nSPS) is 11.3. The monoisotopic (exact) mass is 356 g/mol. The number of aromatic nitrogens is 4. The van der Waals surface area contributed by atoms with Crippen molar-refractivity contribution in [3.63, 3.8) is 0 Å². The van der Waals surface area contributed by atoms with Gasteiger partial charge in [-0.2, -0.15) is 10.1 Å². The van der Waals surface area contributed by atoms with E-state index in [1.165, 1.54) is 5.56 Å². The van der Waals surface area contributed by atoms with Crippen molar-refractivity contribution in [2.75, 3.05) is 0 Å². The van der Waals surface area contributed by atoms with Crippen LogP contribution in [0.3, 0.4) is 0 Å². The number of hydrogen-bond acceptors (Lipinski definition) is 4. The first-order valence-corrected chi connectivity index (χ1v) is 8.94. The van der Waals surface area contributed by atoms with E-state index < -0.39 is 0 Å². The fourth-order valence-electron chi connectivity index (χ4n) is 2.91. The van der Waals surface area contributed by atoms with Gasteiger partial charge in [0.25, 0.3) is 5.89 Å². The molecular formula is C22H20N4O. The Morgan fingerprint density at radius 2 is 1.81 bits per heavy atom. The van der Waals surface area contributed by atoms with Gasteiger partial charge in [-0.05, 0) is 37.6 Å². The lowest BCUT2D eigenvalue weighted by atomic mass is 10.1. The Balaban J connectivity index is 1.58. The van der Waals surface area contributed by atoms with Gasteiger partial charge in [-0.25, -0.2) is 0 Å². The van der Waals surface area contributed by atoms with Gasteiger partial charge in [-0.15, -0.1) is 0 Å². The molecule has 4 aromatic rings. The molecule has 0 bridgehead atoms. The third-order valence-corrected chi connectivity index (χ3v) is 4.37. The Kier molecular flexibility index (Phi) is 4.66. The summed E-state index contributed by atoms with van der Waals surface area (Å²) in [6.45, 7) is 4.97. The van der Waals surface area contributed by atoms with Crippen LogP contribution in [0.15, 0.2) is 65.3 Å². The maximum absolute atomic E-state index is 5.37. The van der Waals surface area contributed by atoms with Crippen molar-refractivity contribution in [3.05, 3.63) is 77.8 Å². The first-order chi connectivity index (χ1) is 13.2. The molecule has 0 saturated carbocycles. The Labute approximate surface area is 158 Å². The molecule has 27 heavy (non-hydrogen) atoms. The van der Waals surface area contributed by atoms with Gasteiger partial charge >= 0.3 is 0 Å². The number of nitrogens with zero attached hydrogens (tertiary/aromatic N) is 4. The average molecular weight is 356 g/mol. The molecule has 5 heteroatoms. The molecule has 0 unspecified atom stereocenters. The molecule has 4 rings (SSSR count). The van der Waals surface area contributed by atoms with Gasteiger partial charge in [0, 0.05) is 29.9 Å². The van der Waals surface area contributed by atoms with Crippen LogP contribution in [-0.4, -0.2) is 19.9 Å². The van der Waals surface area contributed by atoms with Gasteiger partial charge in [0.1, 0.15) is 0 Å². The maximum Gasteiger partial charge on any atom is 0.250 e. The summed E-state index contributed by atoms with van der Waals surface area (Å²) in [6.07, 6.45) is 5.61. The summed E-state index contributed by atoms with van der Waals surface area (Å²) < 4.78 is 7.34. The first kappa shape index (κ1) is 17.0. The second-order valence-electron chi connectivity index (χ2n) is 6.31. The largest absolute Gasteiger partial charge is 0.334 e. The Hall–Kier alpha value is -3.47. The van der Waals surface area contributed by atoms with Crippen LogP contribution in [0, 0.1) is 6.92 Å². The number of aryl methyl sites for hydroxylation is 2. The Morgan fingerprint density at radius 1 is 1.00 bits per heavy atom. The highest BCUT2D eigenvalue weighted by molar-refractivity contribution is 5.69. The number of benzene rings is 2. The Bertz CT molecular complexity index is 1070. The molecular weight excluding hydrogens is 336 g/mol. The molecule has 0 fully saturated rings. The van der Waals surface area contributed by atoms with Crippen molar-refractivity contribution >= 4 is 12.2 Å². The van der Waals surface area contributed by atoms with E-state index in [2.05, 4.69) is 65.5 Å². The highest BCUT2D eigenvalue weighted by atomic mass is 16.5. The molecule has 0 amide bonds. The van der Waals surface area contributed by atoms with E-state index in [9.17, 15) is 0 Å². The van der Waals surface area contributed by atoms with E-state index in [-0.39, 0.29) is 0 Å². The zero-order chi connectivity index (χ0) is 18.6. The summed E-state index contributed by atoms with van der Waals surface area (Å²) in [5.41, 5.74) is 5.39. The molecule has 134 valence electrons. The fraction of sp³-hybridized carbons (Fsp3) is 0.136. The lowest BCUT2D eigenvalue weighted by Crippen LogP contribution is -1.98. The lowest BCUT2D eigenvalue weighted by molar-refractivity contribution is 0.411. The second-order valence-corrected chi connectivity index (χ2v) is 6.31. The van der Waals surface area contributed by atoms with Crippen molar-refractivity contribution in [1.29, 1.82) is 0 Å². The van der Waals surface area contributed by atoms with Gasteiger partial charge in [-0.1, -0.05) is 53.2 Å². The van der Waals surface area contributed by atoms with E-state index in [0.717, 1.165) is 28.9 Å². The molecule has 2 heterocycles. The molecule has 0 N–H and O–H groups in total. The minimum atomic E-state index is 0.481. The van der Waals surface area contributed by atoms with Crippen LogP contribution in [0.25, 0.3) is 34.8 Å². The van der Waals surface area contributed by atoms with Crippen LogP contribution in [0.1, 0.15) is 23.9 Å². The van der Waals surface area contributed by atoms with E-state index >= 15 is 0 Å². The molecule has 0 atom stereocenters. The highest BCUT2D eigenvalue weighted by Gasteiger charge is 2.10. The predicted molar refractivity (Wildman–Crippen MR) is 107 cm³/mol. The van der Waals surface area contributed by atoms with Crippen molar-refractivity contribution in [2.45, 2.75) is 20.4 Å². The number of hydrogen-bond donors (Lipinski definition) is 0. The standard InChI is InChI=1S/C22H20N4O/c1-3-26-20(13-14-23-26)18-5-4-6-19(15-18)22-24-21(27-25-22)12-11-17-9-7-16(2)8-10-17/h4-15H,3H2,1-2H3. The smallest absolute Gasteiger partial charge is 0.250 e. The molecule has 5 nitrogen and oxygen atoms in total. The molecule has 0 radical (unpaired) electrons. The van der Waals surface area contributed by atoms with Crippen LogP contribution in [0.4, 0.5) is 0 Å². The summed E-state index contributed by atoms with van der Waals surface area (Å²) in [5, 5.41) is 8.45. The summed E-state index contributed by atoms with van der Waals surface area (Å²) in [7, 11) is 0. The van der Waals surface area contributed by atoms with Crippen LogP contribution in [-0.2, 0) is 6.54 Å². The van der Waals surface area contributed by atoms with E-state index in [0.29, 0.717) is 11.7 Å². The lowest BCUT2D eigenvalue weighted by Gasteiger charge is -2.05. The Morgan fingerprint density at radius 3 is 2.63 bits per heavy atom. The SMILES string of the molecule is CCn1nccc1-c1cccc(-c2noc(C=Cc3ccc(C)cc3)n2)c1. The summed E-state index contributed by atoms with van der Waals surface area (Å²) in [5.74, 6) is 1.05. The molecule has 2 aromatic carbocycles. The topological polar surface area (TPSA) is 56.7 Å². The number of rotatable bonds is 5. The first-order valence-electron chi connectivity index (χ1n) is 8.94. The average Bonchev–Trinajstić information content (AvgIpc) is 3.37. The predicted octanol–water partition coefficient (Wildman–Crippen LogP) is 5.10. The zero-order valence-corrected chi connectivity index (χ0v) is 15.3. The summed E-state index contributed by atoms with van der Waals surface area (Å²) in [4.78, 5) is 4.49. The summed E-state index contributed by atoms with van der Waals surface area (Å²) in [6, 6.07) is 18.4. The molecule has 0 aliphatic rings. The van der Waals surface area contributed by atoms with Crippen molar-refractivity contribution < 1.29 is 4.52 Å². The third-order valence-electron chi connectivity index (χ3n) is 4.37. The van der Waals surface area contributed by atoms with Crippen molar-refractivity contribution in [3.8, 4) is 22.6 Å². The van der Waals surface area contributed by atoms with Crippen molar-refractivity contribution in [1.82, 2.24) is 19.9 Å². The van der Waals surface area contributed by atoms with Crippen LogP contribution < -0.4 is 0 Å². The second kappa shape index (κ2) is 7.41. The van der Waals surface area contributed by atoms with Crippen molar-refractivity contribution in [2.24, 2.45) is 0 Å². The summed E-state index contributed by atoms with van der Waals surface area (Å²) >= 11 is 0. The molecule has 0 aliphatic heterocycles. The van der Waals surface area contributed by atoms with E-state index in [1.807, 2.05) is 41.2 Å². The third kappa shape index (κ3) is 3.72. The van der Waals surface area contributed by atoms with Gasteiger partial charge < -0.3 is 4.52 Å². The molecule has 0 saturated heterocycles. The zero-order valence-electron chi connectivity index (χ0n) is 15.3.